The average molecular weight is 479 g/mol. The lowest BCUT2D eigenvalue weighted by molar-refractivity contribution is -0.291. The van der Waals surface area contributed by atoms with Crippen LogP contribution in [0.25, 0.3) is 22.0 Å². The summed E-state index contributed by atoms with van der Waals surface area (Å²) >= 11 is 1.50. The van der Waals surface area contributed by atoms with Gasteiger partial charge in [0.25, 0.3) is 0 Å². The second-order valence-electron chi connectivity index (χ2n) is 5.47. The van der Waals surface area contributed by atoms with E-state index >= 15 is 0 Å². The van der Waals surface area contributed by atoms with Crippen LogP contribution in [-0.4, -0.2) is 18.3 Å². The summed E-state index contributed by atoms with van der Waals surface area (Å²) in [4.78, 5) is 3.64. The molecule has 1 heterocycles. The molecule has 8 heteroatoms. The Hall–Kier alpha value is -1.97. The fourth-order valence-electron chi connectivity index (χ4n) is 2.58. The fourth-order valence-corrected chi connectivity index (χ4v) is 3.64. The summed E-state index contributed by atoms with van der Waals surface area (Å²) in [7, 11) is 1.44. The molecule has 0 aliphatic rings. The van der Waals surface area contributed by atoms with Gasteiger partial charge in [-0.15, -0.1) is 0 Å². The fraction of sp³-hybridized carbons (Fsp3) is 0.167. The van der Waals surface area contributed by atoms with E-state index in [0.717, 1.165) is 0 Å². The summed E-state index contributed by atoms with van der Waals surface area (Å²) in [5.74, 6) is -4.62. The van der Waals surface area contributed by atoms with Gasteiger partial charge in [-0.3, -0.25) is 0 Å². The van der Waals surface area contributed by atoms with Crippen LogP contribution in [-0.2, 0) is 5.92 Å². The molecule has 0 bridgehead atoms. The molecule has 0 radical (unpaired) electrons. The van der Waals surface area contributed by atoms with Gasteiger partial charge in [-0.05, 0) is 46.4 Å². The van der Waals surface area contributed by atoms with Crippen LogP contribution in [0.5, 0.6) is 5.75 Å². The Morgan fingerprint density at radius 3 is 2.19 bits per heavy atom. The zero-order valence-electron chi connectivity index (χ0n) is 13.2. The number of aromatic nitrogens is 1. The Kier molecular flexibility index (Phi) is 4.80. The van der Waals surface area contributed by atoms with Gasteiger partial charge in [-0.1, -0.05) is 30.3 Å². The Morgan fingerprint density at radius 1 is 0.962 bits per heavy atom. The van der Waals surface area contributed by atoms with Crippen LogP contribution in [0.3, 0.4) is 0 Å². The Labute approximate surface area is 159 Å². The van der Waals surface area contributed by atoms with Crippen LogP contribution >= 0.6 is 22.6 Å². The molecule has 0 saturated heterocycles. The van der Waals surface area contributed by atoms with Crippen LogP contribution < -0.4 is 4.74 Å². The molecule has 0 fully saturated rings. The van der Waals surface area contributed by atoms with Crippen molar-refractivity contribution in [2.75, 3.05) is 7.11 Å². The predicted molar refractivity (Wildman–Crippen MR) is 96.4 cm³/mol. The molecule has 0 aliphatic heterocycles. The first-order valence-electron chi connectivity index (χ1n) is 7.34. The summed E-state index contributed by atoms with van der Waals surface area (Å²) in [6.45, 7) is 0. The molecular formula is C18H11F5INO. The van der Waals surface area contributed by atoms with Crippen molar-refractivity contribution < 1.29 is 26.7 Å². The number of hydrogen-bond acceptors (Lipinski definition) is 2. The standard InChI is InChI=1S/C18H11F5INO/c1-26-11-7-8-13-12(9-11)14(10-5-3-2-4-6-10)15(24)16(25-13)17(19,20)18(21,22)23/h2-9H,1H3. The summed E-state index contributed by atoms with van der Waals surface area (Å²) in [6.07, 6.45) is -5.74. The smallest absolute Gasteiger partial charge is 0.459 e. The summed E-state index contributed by atoms with van der Waals surface area (Å²) in [5.41, 5.74) is -0.503. The minimum Gasteiger partial charge on any atom is -0.497 e. The molecule has 0 N–H and O–H groups in total. The number of rotatable bonds is 3. The predicted octanol–water partition coefficient (Wildman–Crippen LogP) is 6.17. The van der Waals surface area contributed by atoms with Crippen LogP contribution in [0.4, 0.5) is 22.0 Å². The molecule has 0 amide bonds. The van der Waals surface area contributed by atoms with Gasteiger partial charge in [0.15, 0.2) is 0 Å². The molecule has 0 unspecified atom stereocenters. The molecule has 0 spiro atoms. The first-order valence-corrected chi connectivity index (χ1v) is 8.42. The number of alkyl halides is 5. The van der Waals surface area contributed by atoms with E-state index in [2.05, 4.69) is 4.98 Å². The van der Waals surface area contributed by atoms with Crippen molar-refractivity contribution >= 4 is 33.5 Å². The van der Waals surface area contributed by atoms with E-state index < -0.39 is 17.8 Å². The molecule has 26 heavy (non-hydrogen) atoms. The van der Waals surface area contributed by atoms with E-state index in [1.165, 1.54) is 41.8 Å². The number of nitrogens with zero attached hydrogens (tertiary/aromatic N) is 1. The third-order valence-electron chi connectivity index (χ3n) is 3.85. The van der Waals surface area contributed by atoms with Crippen LogP contribution in [0.15, 0.2) is 48.5 Å². The van der Waals surface area contributed by atoms with E-state index in [1.54, 1.807) is 36.4 Å². The van der Waals surface area contributed by atoms with E-state index in [4.69, 9.17) is 4.74 Å². The molecule has 3 rings (SSSR count). The lowest BCUT2D eigenvalue weighted by atomic mass is 9.98. The molecular weight excluding hydrogens is 468 g/mol. The van der Waals surface area contributed by atoms with Crippen molar-refractivity contribution in [2.45, 2.75) is 12.1 Å². The van der Waals surface area contributed by atoms with Crippen molar-refractivity contribution in [1.82, 2.24) is 4.98 Å². The van der Waals surface area contributed by atoms with Crippen LogP contribution in [0.2, 0.25) is 0 Å². The highest BCUT2D eigenvalue weighted by molar-refractivity contribution is 14.1. The highest BCUT2D eigenvalue weighted by Crippen LogP contribution is 2.47. The maximum Gasteiger partial charge on any atom is 0.459 e. The number of fused-ring (bicyclic) bond motifs is 1. The van der Waals surface area contributed by atoms with Crippen LogP contribution in [0, 0.1) is 3.57 Å². The van der Waals surface area contributed by atoms with Gasteiger partial charge in [0.2, 0.25) is 0 Å². The summed E-state index contributed by atoms with van der Waals surface area (Å²) in [6, 6.07) is 12.8. The number of pyridine rings is 1. The van der Waals surface area contributed by atoms with Gasteiger partial charge < -0.3 is 4.74 Å². The van der Waals surface area contributed by atoms with Crippen molar-refractivity contribution in [3.05, 3.63) is 57.8 Å². The number of halogens is 6. The molecule has 0 saturated carbocycles. The topological polar surface area (TPSA) is 22.1 Å². The Bertz CT molecular complexity index is 957. The molecule has 1 aromatic heterocycles. The zero-order chi connectivity index (χ0) is 19.1. The highest BCUT2D eigenvalue weighted by atomic mass is 127. The van der Waals surface area contributed by atoms with Crippen molar-refractivity contribution in [3.63, 3.8) is 0 Å². The number of hydrogen-bond donors (Lipinski definition) is 0. The quantitative estimate of drug-likeness (QED) is 0.331. The van der Waals surface area contributed by atoms with Gasteiger partial charge in [0.05, 0.1) is 12.6 Å². The molecule has 2 aromatic carbocycles. The van der Waals surface area contributed by atoms with Gasteiger partial charge in [0.1, 0.15) is 11.4 Å². The molecule has 0 atom stereocenters. The van der Waals surface area contributed by atoms with Gasteiger partial charge in [0, 0.05) is 14.5 Å². The molecule has 3 aromatic rings. The lowest BCUT2D eigenvalue weighted by Crippen LogP contribution is -2.35. The van der Waals surface area contributed by atoms with E-state index in [9.17, 15) is 22.0 Å². The first kappa shape index (κ1) is 18.8. The van der Waals surface area contributed by atoms with E-state index in [-0.39, 0.29) is 14.7 Å². The largest absolute Gasteiger partial charge is 0.497 e. The Balaban J connectivity index is 2.43. The number of benzene rings is 2. The minimum absolute atomic E-state index is 0.0315. The maximum atomic E-state index is 14.1. The van der Waals surface area contributed by atoms with Gasteiger partial charge in [-0.25, -0.2) is 4.98 Å². The third kappa shape index (κ3) is 3.10. The maximum absolute atomic E-state index is 14.1. The normalized spacial score (nSPS) is 12.4. The minimum atomic E-state index is -5.74. The third-order valence-corrected chi connectivity index (χ3v) is 4.90. The highest BCUT2D eigenvalue weighted by Gasteiger charge is 2.61. The number of ether oxygens (including phenoxy) is 1. The average Bonchev–Trinajstić information content (AvgIpc) is 2.60. The van der Waals surface area contributed by atoms with Gasteiger partial charge >= 0.3 is 12.1 Å². The second-order valence-corrected chi connectivity index (χ2v) is 6.55. The van der Waals surface area contributed by atoms with Gasteiger partial charge in [-0.2, -0.15) is 22.0 Å². The van der Waals surface area contributed by atoms with E-state index in [1.807, 2.05) is 0 Å². The first-order chi connectivity index (χ1) is 12.2. The van der Waals surface area contributed by atoms with Crippen LogP contribution in [0.1, 0.15) is 5.69 Å². The zero-order valence-corrected chi connectivity index (χ0v) is 15.4. The Morgan fingerprint density at radius 2 is 1.62 bits per heavy atom. The van der Waals surface area contributed by atoms with E-state index in [0.29, 0.717) is 16.7 Å². The molecule has 0 aliphatic carbocycles. The van der Waals surface area contributed by atoms with Crippen molar-refractivity contribution in [2.24, 2.45) is 0 Å². The number of methoxy groups -OCH3 is 1. The summed E-state index contributed by atoms with van der Waals surface area (Å²) in [5, 5.41) is 0.432. The monoisotopic (exact) mass is 479 g/mol. The van der Waals surface area contributed by atoms with Crippen molar-refractivity contribution in [3.8, 4) is 16.9 Å². The second kappa shape index (κ2) is 6.64. The molecule has 136 valence electrons. The summed E-state index contributed by atoms with van der Waals surface area (Å²) < 4.78 is 71.9. The molecule has 2 nitrogen and oxygen atoms in total. The van der Waals surface area contributed by atoms with Crippen molar-refractivity contribution in [1.29, 1.82) is 0 Å². The SMILES string of the molecule is COc1ccc2nc(C(F)(F)C(F)(F)F)c(I)c(-c3ccccc3)c2c1. The lowest BCUT2D eigenvalue weighted by Gasteiger charge is -2.22.